The molecular formula is C22H21N5O5S3. The first-order chi connectivity index (χ1) is 16.6. The standard InChI is InChI=1S/C22H21N5O5S3/c1-4-32-22(29)16-7-14(8-23)20(24-12(16)2)27-9-15(10-27)21(28)26-35(30,31)19-6-5-18(34-19)17-11-33-13(3)25-17/h5-7,11,15H,4,9-10H2,1-3H3,(H,26,28). The van der Waals surface area contributed by atoms with Crippen LogP contribution in [0.1, 0.15) is 33.5 Å². The largest absolute Gasteiger partial charge is 0.462 e. The molecule has 3 aromatic heterocycles. The highest BCUT2D eigenvalue weighted by Crippen LogP contribution is 2.32. The zero-order valence-corrected chi connectivity index (χ0v) is 21.5. The van der Waals surface area contributed by atoms with Crippen LogP contribution in [-0.4, -0.2) is 50.0 Å². The Morgan fingerprint density at radius 1 is 1.29 bits per heavy atom. The van der Waals surface area contributed by atoms with Crippen molar-refractivity contribution in [2.45, 2.75) is 25.0 Å². The third-order valence-electron chi connectivity index (χ3n) is 5.31. The van der Waals surface area contributed by atoms with Crippen molar-refractivity contribution in [3.8, 4) is 16.6 Å². The van der Waals surface area contributed by atoms with Gasteiger partial charge in [-0.2, -0.15) is 5.26 Å². The third-order valence-corrected chi connectivity index (χ3v) is 9.03. The molecule has 0 atom stereocenters. The van der Waals surface area contributed by atoms with Gasteiger partial charge in [0.2, 0.25) is 5.91 Å². The number of carbonyl (C=O) groups excluding carboxylic acids is 2. The molecule has 0 aliphatic carbocycles. The molecule has 0 saturated carbocycles. The Balaban J connectivity index is 1.42. The van der Waals surface area contributed by atoms with Gasteiger partial charge in [0.25, 0.3) is 10.0 Å². The van der Waals surface area contributed by atoms with Gasteiger partial charge in [-0.15, -0.1) is 22.7 Å². The van der Waals surface area contributed by atoms with Gasteiger partial charge in [-0.25, -0.2) is 27.9 Å². The first kappa shape index (κ1) is 24.8. The van der Waals surface area contributed by atoms with Crippen molar-refractivity contribution < 1.29 is 22.7 Å². The van der Waals surface area contributed by atoms with Gasteiger partial charge >= 0.3 is 5.97 Å². The molecule has 1 fully saturated rings. The van der Waals surface area contributed by atoms with E-state index in [0.29, 0.717) is 22.1 Å². The Kier molecular flexibility index (Phi) is 6.88. The van der Waals surface area contributed by atoms with Gasteiger partial charge < -0.3 is 9.64 Å². The monoisotopic (exact) mass is 531 g/mol. The molecule has 3 aromatic rings. The Morgan fingerprint density at radius 2 is 2.03 bits per heavy atom. The number of nitriles is 1. The Hall–Kier alpha value is -3.34. The lowest BCUT2D eigenvalue weighted by Gasteiger charge is -2.39. The number of sulfonamides is 1. The van der Waals surface area contributed by atoms with E-state index < -0.39 is 27.8 Å². The second-order valence-electron chi connectivity index (χ2n) is 7.77. The maximum Gasteiger partial charge on any atom is 0.340 e. The van der Waals surface area contributed by atoms with Gasteiger partial charge in [0.05, 0.1) is 44.9 Å². The molecule has 0 radical (unpaired) electrons. The number of aryl methyl sites for hydroxylation is 2. The second kappa shape index (κ2) is 9.73. The van der Waals surface area contributed by atoms with Crippen LogP contribution in [0.5, 0.6) is 0 Å². The van der Waals surface area contributed by atoms with E-state index in [2.05, 4.69) is 14.7 Å². The van der Waals surface area contributed by atoms with Crippen molar-refractivity contribution in [2.24, 2.45) is 5.92 Å². The average molecular weight is 532 g/mol. The number of hydrogen-bond donors (Lipinski definition) is 1. The summed E-state index contributed by atoms with van der Waals surface area (Å²) in [7, 11) is -4.03. The highest BCUT2D eigenvalue weighted by Gasteiger charge is 2.37. The lowest BCUT2D eigenvalue weighted by Crippen LogP contribution is -2.55. The predicted octanol–water partition coefficient (Wildman–Crippen LogP) is 2.87. The van der Waals surface area contributed by atoms with Crippen LogP contribution in [0.3, 0.4) is 0 Å². The molecule has 1 saturated heterocycles. The van der Waals surface area contributed by atoms with E-state index in [1.165, 1.54) is 23.5 Å². The quantitative estimate of drug-likeness (QED) is 0.455. The van der Waals surface area contributed by atoms with Gasteiger partial charge in [0.15, 0.2) is 0 Å². The van der Waals surface area contributed by atoms with Crippen molar-refractivity contribution >= 4 is 50.4 Å². The summed E-state index contributed by atoms with van der Waals surface area (Å²) in [5.74, 6) is -1.44. The number of nitrogens with one attached hydrogen (secondary N) is 1. The number of anilines is 1. The molecule has 0 aromatic carbocycles. The molecule has 1 aliphatic heterocycles. The number of aromatic nitrogens is 2. The molecule has 4 rings (SSSR count). The first-order valence-electron chi connectivity index (χ1n) is 10.6. The second-order valence-corrected chi connectivity index (χ2v) is 11.8. The maximum absolute atomic E-state index is 12.7. The molecule has 1 amide bonds. The van der Waals surface area contributed by atoms with E-state index in [-0.39, 0.29) is 35.0 Å². The number of carbonyl (C=O) groups is 2. The zero-order valence-electron chi connectivity index (χ0n) is 19.1. The lowest BCUT2D eigenvalue weighted by atomic mass is 9.98. The number of hydrogen-bond acceptors (Lipinski definition) is 11. The molecule has 10 nitrogen and oxygen atoms in total. The highest BCUT2D eigenvalue weighted by atomic mass is 32.2. The van der Waals surface area contributed by atoms with Crippen LogP contribution < -0.4 is 9.62 Å². The number of thiophene rings is 1. The number of ether oxygens (including phenoxy) is 1. The van der Waals surface area contributed by atoms with Crippen molar-refractivity contribution in [3.05, 3.63) is 45.4 Å². The number of thiazole rings is 1. The van der Waals surface area contributed by atoms with Crippen LogP contribution in [-0.2, 0) is 19.6 Å². The molecular weight excluding hydrogens is 510 g/mol. The summed E-state index contributed by atoms with van der Waals surface area (Å²) in [5.41, 5.74) is 1.48. The van der Waals surface area contributed by atoms with E-state index in [4.69, 9.17) is 4.74 Å². The SMILES string of the molecule is CCOC(=O)c1cc(C#N)c(N2CC(C(=O)NS(=O)(=O)c3ccc(-c4csc(C)n4)s3)C2)nc1C. The van der Waals surface area contributed by atoms with Crippen LogP contribution >= 0.6 is 22.7 Å². The molecule has 4 heterocycles. The van der Waals surface area contributed by atoms with Crippen LogP contribution in [0.4, 0.5) is 5.82 Å². The Morgan fingerprint density at radius 3 is 2.66 bits per heavy atom. The third kappa shape index (κ3) is 5.04. The summed E-state index contributed by atoms with van der Waals surface area (Å²) in [4.78, 5) is 35.8. The van der Waals surface area contributed by atoms with E-state index >= 15 is 0 Å². The number of amides is 1. The van der Waals surface area contributed by atoms with E-state index in [1.54, 1.807) is 24.8 Å². The molecule has 182 valence electrons. The summed E-state index contributed by atoms with van der Waals surface area (Å²) in [5, 5.41) is 12.2. The predicted molar refractivity (Wildman–Crippen MR) is 131 cm³/mol. The fourth-order valence-corrected chi connectivity index (χ4v) is 6.49. The van der Waals surface area contributed by atoms with E-state index in [0.717, 1.165) is 16.3 Å². The van der Waals surface area contributed by atoms with Crippen LogP contribution in [0.15, 0.2) is 27.8 Å². The van der Waals surface area contributed by atoms with Crippen LogP contribution in [0.25, 0.3) is 10.6 Å². The number of rotatable bonds is 7. The maximum atomic E-state index is 12.7. The molecule has 0 bridgehead atoms. The van der Waals surface area contributed by atoms with Crippen molar-refractivity contribution in [2.75, 3.05) is 24.6 Å². The molecule has 1 aliphatic rings. The minimum Gasteiger partial charge on any atom is -0.462 e. The minimum absolute atomic E-state index is 0.0290. The van der Waals surface area contributed by atoms with E-state index in [9.17, 15) is 23.3 Å². The summed E-state index contributed by atoms with van der Waals surface area (Å²) < 4.78 is 32.6. The van der Waals surface area contributed by atoms with Gasteiger partial charge in [0.1, 0.15) is 16.1 Å². The van der Waals surface area contributed by atoms with Crippen LogP contribution in [0.2, 0.25) is 0 Å². The fraction of sp³-hybridized carbons (Fsp3) is 0.318. The first-order valence-corrected chi connectivity index (χ1v) is 13.7. The topological polar surface area (TPSA) is 142 Å². The Bertz CT molecular complexity index is 1450. The zero-order chi connectivity index (χ0) is 25.3. The van der Waals surface area contributed by atoms with Gasteiger partial charge in [-0.05, 0) is 39.0 Å². The van der Waals surface area contributed by atoms with Crippen LogP contribution in [0, 0.1) is 31.1 Å². The van der Waals surface area contributed by atoms with Gasteiger partial charge in [-0.3, -0.25) is 4.79 Å². The average Bonchev–Trinajstić information content (AvgIpc) is 3.42. The summed E-state index contributed by atoms with van der Waals surface area (Å²) in [6.07, 6.45) is 0. The molecule has 35 heavy (non-hydrogen) atoms. The van der Waals surface area contributed by atoms with Crippen molar-refractivity contribution in [1.29, 1.82) is 5.26 Å². The summed E-state index contributed by atoms with van der Waals surface area (Å²) in [6, 6.07) is 6.56. The molecule has 13 heteroatoms. The normalized spacial score (nSPS) is 13.7. The molecule has 0 spiro atoms. The van der Waals surface area contributed by atoms with Gasteiger partial charge in [-0.1, -0.05) is 0 Å². The van der Waals surface area contributed by atoms with Gasteiger partial charge in [0, 0.05) is 18.5 Å². The highest BCUT2D eigenvalue weighted by molar-refractivity contribution is 7.92. The molecule has 0 unspecified atom stereocenters. The smallest absolute Gasteiger partial charge is 0.340 e. The van der Waals surface area contributed by atoms with Crippen molar-refractivity contribution in [1.82, 2.24) is 14.7 Å². The lowest BCUT2D eigenvalue weighted by molar-refractivity contribution is -0.123. The summed E-state index contributed by atoms with van der Waals surface area (Å²) in [6.45, 7) is 5.77. The number of nitrogens with zero attached hydrogens (tertiary/aromatic N) is 4. The van der Waals surface area contributed by atoms with Crippen molar-refractivity contribution in [3.63, 3.8) is 0 Å². The fourth-order valence-electron chi connectivity index (χ4n) is 3.49. The number of esters is 1. The minimum atomic E-state index is -4.03. The number of pyridine rings is 1. The van der Waals surface area contributed by atoms with E-state index in [1.807, 2.05) is 18.4 Å². The Labute approximate surface area is 210 Å². The summed E-state index contributed by atoms with van der Waals surface area (Å²) >= 11 is 2.51. The molecule has 1 N–H and O–H groups in total.